The topological polar surface area (TPSA) is 96.0 Å². The molecule has 3 rings (SSSR count). The number of carbonyl (C=O) groups excluding carboxylic acids is 2. The van der Waals surface area contributed by atoms with Gasteiger partial charge in [-0.15, -0.1) is 11.8 Å². The number of rotatable bonds is 12. The minimum Gasteiger partial charge on any atom is -0.494 e. The fourth-order valence-electron chi connectivity index (χ4n) is 4.04. The first-order valence-corrected chi connectivity index (χ1v) is 15.2. The van der Waals surface area contributed by atoms with E-state index in [0.717, 1.165) is 20.3 Å². The van der Waals surface area contributed by atoms with Crippen molar-refractivity contribution in [2.45, 2.75) is 43.1 Å². The Morgan fingerprint density at radius 1 is 1.00 bits per heavy atom. The van der Waals surface area contributed by atoms with E-state index in [1.165, 1.54) is 35.8 Å². The van der Waals surface area contributed by atoms with Crippen molar-refractivity contribution in [3.63, 3.8) is 0 Å². The van der Waals surface area contributed by atoms with Crippen LogP contribution in [0.2, 0.25) is 0 Å². The van der Waals surface area contributed by atoms with Crippen molar-refractivity contribution in [1.29, 1.82) is 0 Å². The molecule has 1 atom stereocenters. The molecule has 0 radical (unpaired) electrons. The van der Waals surface area contributed by atoms with Crippen molar-refractivity contribution >= 4 is 39.3 Å². The van der Waals surface area contributed by atoms with Gasteiger partial charge in [0.1, 0.15) is 18.3 Å². The van der Waals surface area contributed by atoms with Gasteiger partial charge < -0.3 is 15.0 Å². The number of sulfonamides is 1. The summed E-state index contributed by atoms with van der Waals surface area (Å²) in [6.45, 7) is 5.54. The average Bonchev–Trinajstić information content (AvgIpc) is 2.95. The normalized spacial score (nSPS) is 11.9. The summed E-state index contributed by atoms with van der Waals surface area (Å²) in [7, 11) is -2.63. The molecule has 0 heterocycles. The molecule has 208 valence electrons. The molecule has 0 saturated heterocycles. The number of hydrogen-bond donors (Lipinski definition) is 1. The van der Waals surface area contributed by atoms with Gasteiger partial charge in [-0.3, -0.25) is 13.9 Å². The Labute approximate surface area is 235 Å². The second-order valence-corrected chi connectivity index (χ2v) is 11.6. The summed E-state index contributed by atoms with van der Waals surface area (Å²) < 4.78 is 34.4. The molecule has 10 heteroatoms. The third kappa shape index (κ3) is 7.33. The average molecular weight is 570 g/mol. The van der Waals surface area contributed by atoms with Gasteiger partial charge in [0.25, 0.3) is 10.0 Å². The lowest BCUT2D eigenvalue weighted by molar-refractivity contribution is -0.139. The molecule has 0 bridgehead atoms. The molecular weight excluding hydrogens is 534 g/mol. The van der Waals surface area contributed by atoms with Gasteiger partial charge in [-0.05, 0) is 86.7 Å². The van der Waals surface area contributed by atoms with E-state index < -0.39 is 28.5 Å². The lowest BCUT2D eigenvalue weighted by Gasteiger charge is -2.32. The van der Waals surface area contributed by atoms with Crippen LogP contribution in [0.5, 0.6) is 5.75 Å². The number of ether oxygens (including phenoxy) is 1. The highest BCUT2D eigenvalue weighted by molar-refractivity contribution is 7.98. The lowest BCUT2D eigenvalue weighted by atomic mass is 10.1. The van der Waals surface area contributed by atoms with Crippen molar-refractivity contribution in [2.75, 3.05) is 30.8 Å². The van der Waals surface area contributed by atoms with Crippen LogP contribution >= 0.6 is 11.8 Å². The van der Waals surface area contributed by atoms with E-state index in [2.05, 4.69) is 5.32 Å². The van der Waals surface area contributed by atoms with Crippen molar-refractivity contribution in [3.8, 4) is 5.75 Å². The van der Waals surface area contributed by atoms with Crippen LogP contribution in [0.4, 0.5) is 5.69 Å². The molecule has 3 aromatic rings. The maximum absolute atomic E-state index is 13.9. The van der Waals surface area contributed by atoms with Gasteiger partial charge >= 0.3 is 0 Å². The molecule has 3 aromatic carbocycles. The second-order valence-electron chi connectivity index (χ2n) is 8.85. The van der Waals surface area contributed by atoms with Crippen LogP contribution in [0.1, 0.15) is 25.0 Å². The van der Waals surface area contributed by atoms with Crippen molar-refractivity contribution in [3.05, 3.63) is 83.9 Å². The highest BCUT2D eigenvalue weighted by atomic mass is 32.2. The van der Waals surface area contributed by atoms with Crippen molar-refractivity contribution in [1.82, 2.24) is 10.2 Å². The van der Waals surface area contributed by atoms with E-state index in [4.69, 9.17) is 4.74 Å². The highest BCUT2D eigenvalue weighted by Crippen LogP contribution is 2.28. The predicted molar refractivity (Wildman–Crippen MR) is 156 cm³/mol. The molecule has 0 aromatic heterocycles. The molecule has 0 aliphatic carbocycles. The maximum Gasteiger partial charge on any atom is 0.264 e. The minimum atomic E-state index is -4.13. The summed E-state index contributed by atoms with van der Waals surface area (Å²) in [5.74, 6) is -0.267. The molecule has 1 N–H and O–H groups in total. The standard InChI is InChI=1S/C29H35N3O5S2/c1-6-37-25-13-11-24(12-14-25)32(39(35,36)27-17-15-26(38-5)16-18-27)20-28(33)31(22(3)29(34)30-4)19-23-10-8-7-9-21(23)2/h7-18,22H,6,19-20H2,1-5H3,(H,30,34)/t22-/m1/s1. The molecule has 2 amide bonds. The number of carbonyl (C=O) groups is 2. The molecule has 39 heavy (non-hydrogen) atoms. The van der Waals surface area contributed by atoms with E-state index in [1.54, 1.807) is 43.3 Å². The van der Waals surface area contributed by atoms with Crippen LogP contribution in [0.25, 0.3) is 0 Å². The van der Waals surface area contributed by atoms with Crippen LogP contribution < -0.4 is 14.4 Å². The van der Waals surface area contributed by atoms with Gasteiger partial charge in [-0.25, -0.2) is 8.42 Å². The van der Waals surface area contributed by atoms with Crippen LogP contribution in [0.15, 0.2) is 82.6 Å². The number of likely N-dealkylation sites (N-methyl/N-ethyl adjacent to an activating group) is 1. The summed E-state index contributed by atoms with van der Waals surface area (Å²) in [4.78, 5) is 28.9. The van der Waals surface area contributed by atoms with Crippen molar-refractivity contribution in [2.24, 2.45) is 0 Å². The number of nitrogens with zero attached hydrogens (tertiary/aromatic N) is 2. The number of aryl methyl sites for hydroxylation is 1. The molecular formula is C29H35N3O5S2. The van der Waals surface area contributed by atoms with Gasteiger partial charge in [-0.2, -0.15) is 0 Å². The number of hydrogen-bond acceptors (Lipinski definition) is 6. The fraction of sp³-hybridized carbons (Fsp3) is 0.310. The number of thioether (sulfide) groups is 1. The van der Waals surface area contributed by atoms with Crippen LogP contribution in [-0.2, 0) is 26.2 Å². The predicted octanol–water partition coefficient (Wildman–Crippen LogP) is 4.47. The third-order valence-electron chi connectivity index (χ3n) is 6.38. The molecule has 0 aliphatic rings. The van der Waals surface area contributed by atoms with Gasteiger partial charge in [0.2, 0.25) is 11.8 Å². The van der Waals surface area contributed by atoms with Crippen LogP contribution in [-0.4, -0.2) is 57.6 Å². The lowest BCUT2D eigenvalue weighted by Crippen LogP contribution is -2.50. The van der Waals surface area contributed by atoms with Crippen LogP contribution in [0, 0.1) is 6.92 Å². The molecule has 0 unspecified atom stereocenters. The quantitative estimate of drug-likeness (QED) is 0.323. The Hall–Kier alpha value is -3.50. The Kier molecular flexibility index (Phi) is 10.4. The first-order chi connectivity index (χ1) is 18.6. The van der Waals surface area contributed by atoms with Gasteiger partial charge in [0, 0.05) is 18.5 Å². The Morgan fingerprint density at radius 3 is 2.21 bits per heavy atom. The zero-order chi connectivity index (χ0) is 28.6. The van der Waals surface area contributed by atoms with Gasteiger partial charge in [-0.1, -0.05) is 24.3 Å². The zero-order valence-electron chi connectivity index (χ0n) is 22.9. The van der Waals surface area contributed by atoms with E-state index >= 15 is 0 Å². The summed E-state index contributed by atoms with van der Waals surface area (Å²) in [5, 5.41) is 2.59. The van der Waals surface area contributed by atoms with E-state index in [9.17, 15) is 18.0 Å². The number of anilines is 1. The third-order valence-corrected chi connectivity index (χ3v) is 8.91. The molecule has 0 fully saturated rings. The zero-order valence-corrected chi connectivity index (χ0v) is 24.5. The Morgan fingerprint density at radius 2 is 1.64 bits per heavy atom. The van der Waals surface area contributed by atoms with E-state index in [0.29, 0.717) is 18.0 Å². The number of nitrogens with one attached hydrogen (secondary N) is 1. The van der Waals surface area contributed by atoms with Gasteiger partial charge in [0.05, 0.1) is 17.2 Å². The Balaban J connectivity index is 2.04. The largest absolute Gasteiger partial charge is 0.494 e. The molecule has 8 nitrogen and oxygen atoms in total. The second kappa shape index (κ2) is 13.5. The summed E-state index contributed by atoms with van der Waals surface area (Å²) in [5.41, 5.74) is 2.14. The van der Waals surface area contributed by atoms with Crippen molar-refractivity contribution < 1.29 is 22.7 Å². The summed E-state index contributed by atoms with van der Waals surface area (Å²) in [6, 6.07) is 19.8. The summed E-state index contributed by atoms with van der Waals surface area (Å²) in [6.07, 6.45) is 1.91. The van der Waals surface area contributed by atoms with E-state index in [-0.39, 0.29) is 17.3 Å². The smallest absolute Gasteiger partial charge is 0.264 e. The fourth-order valence-corrected chi connectivity index (χ4v) is 5.86. The molecule has 0 saturated carbocycles. The first kappa shape index (κ1) is 30.0. The van der Waals surface area contributed by atoms with Gasteiger partial charge in [0.15, 0.2) is 0 Å². The summed E-state index contributed by atoms with van der Waals surface area (Å²) >= 11 is 1.50. The highest BCUT2D eigenvalue weighted by Gasteiger charge is 2.32. The minimum absolute atomic E-state index is 0.0618. The number of benzene rings is 3. The maximum atomic E-state index is 13.9. The monoisotopic (exact) mass is 569 g/mol. The molecule has 0 spiro atoms. The molecule has 0 aliphatic heterocycles. The SMILES string of the molecule is CCOc1ccc(N(CC(=O)N(Cc2ccccc2C)[C@H](C)C(=O)NC)S(=O)(=O)c2ccc(SC)cc2)cc1. The van der Waals surface area contributed by atoms with E-state index in [1.807, 2.05) is 44.4 Å². The Bertz CT molecular complexity index is 1380. The number of amides is 2. The first-order valence-electron chi connectivity index (χ1n) is 12.6. The van der Waals surface area contributed by atoms with Crippen LogP contribution in [0.3, 0.4) is 0 Å².